The van der Waals surface area contributed by atoms with Crippen LogP contribution in [0.3, 0.4) is 0 Å². The van der Waals surface area contributed by atoms with E-state index in [1.807, 2.05) is 62.2 Å². The van der Waals surface area contributed by atoms with Crippen LogP contribution in [0.2, 0.25) is 0 Å². The molecule has 1 aromatic carbocycles. The first-order valence-corrected chi connectivity index (χ1v) is 12.2. The molecular weight excluding hydrogens is 410 g/mol. The summed E-state index contributed by atoms with van der Waals surface area (Å²) in [5.41, 5.74) is 2.63. The molecule has 7 heteroatoms. The normalized spacial score (nSPS) is 16.4. The maximum atomic E-state index is 12.2. The van der Waals surface area contributed by atoms with Gasteiger partial charge in [-0.25, -0.2) is 4.79 Å². The van der Waals surface area contributed by atoms with Gasteiger partial charge in [-0.3, -0.25) is 14.1 Å². The average molecular weight is 444 g/mol. The zero-order chi connectivity index (χ0) is 22.6. The molecule has 1 unspecified atom stereocenters. The van der Waals surface area contributed by atoms with E-state index in [2.05, 4.69) is 23.0 Å². The van der Waals surface area contributed by atoms with Gasteiger partial charge in [0.05, 0.1) is 5.69 Å². The van der Waals surface area contributed by atoms with Crippen molar-refractivity contribution in [3.8, 4) is 11.3 Å². The molecule has 1 amide bonds. The largest absolute Gasteiger partial charge is 0.444 e. The summed E-state index contributed by atoms with van der Waals surface area (Å²) in [6.07, 6.45) is 5.26. The number of ether oxygens (including phenoxy) is 1. The van der Waals surface area contributed by atoms with Crippen LogP contribution in [0.5, 0.6) is 0 Å². The minimum absolute atomic E-state index is 0.216. The van der Waals surface area contributed by atoms with Gasteiger partial charge in [0.1, 0.15) is 5.60 Å². The molecule has 1 aliphatic rings. The van der Waals surface area contributed by atoms with Crippen molar-refractivity contribution < 1.29 is 13.7 Å². The van der Waals surface area contributed by atoms with E-state index in [1.54, 1.807) is 6.26 Å². The van der Waals surface area contributed by atoms with Gasteiger partial charge in [0.2, 0.25) is 0 Å². The molecule has 31 heavy (non-hydrogen) atoms. The Morgan fingerprint density at radius 3 is 2.32 bits per heavy atom. The number of carbonyl (C=O) groups excluding carboxylic acids is 1. The molecule has 0 bridgehead atoms. The zero-order valence-electron chi connectivity index (χ0n) is 19.1. The van der Waals surface area contributed by atoms with Gasteiger partial charge >= 0.3 is 6.09 Å². The monoisotopic (exact) mass is 443 g/mol. The molecule has 2 heterocycles. The molecule has 6 nitrogen and oxygen atoms in total. The van der Waals surface area contributed by atoms with E-state index in [0.29, 0.717) is 6.04 Å². The molecule has 1 atom stereocenters. The number of hydrogen-bond acceptors (Lipinski definition) is 5. The van der Waals surface area contributed by atoms with Crippen molar-refractivity contribution in [1.29, 1.82) is 0 Å². The smallest absolute Gasteiger partial charge is 0.410 e. The minimum atomic E-state index is -0.971. The summed E-state index contributed by atoms with van der Waals surface area (Å²) in [6.45, 7) is 7.95. The van der Waals surface area contributed by atoms with E-state index < -0.39 is 16.4 Å². The Hall–Kier alpha value is -2.25. The molecule has 0 saturated carbocycles. The van der Waals surface area contributed by atoms with Crippen LogP contribution >= 0.6 is 0 Å². The second-order valence-corrected chi connectivity index (χ2v) is 10.5. The lowest BCUT2D eigenvalue weighted by molar-refractivity contribution is 0.0153. The first kappa shape index (κ1) is 23.4. The molecule has 0 aliphatic carbocycles. The number of rotatable bonds is 5. The lowest BCUT2D eigenvalue weighted by Gasteiger charge is -2.37. The Morgan fingerprint density at radius 1 is 1.16 bits per heavy atom. The SMILES string of the molecule is CN(Cc1ccc(-c2ccc(S(C)=O)cc2)nc1)C1CCN(C(=O)OC(C)(C)C)CC1. The van der Waals surface area contributed by atoms with Gasteiger partial charge < -0.3 is 9.64 Å². The number of pyridine rings is 1. The van der Waals surface area contributed by atoms with E-state index in [4.69, 9.17) is 4.74 Å². The second kappa shape index (κ2) is 9.92. The number of nitrogens with zero attached hydrogens (tertiary/aromatic N) is 3. The average Bonchev–Trinajstić information content (AvgIpc) is 2.73. The van der Waals surface area contributed by atoms with Gasteiger partial charge in [0.15, 0.2) is 0 Å². The molecule has 1 saturated heterocycles. The molecule has 168 valence electrons. The summed E-state index contributed by atoms with van der Waals surface area (Å²) in [7, 11) is 1.16. The zero-order valence-corrected chi connectivity index (χ0v) is 19.9. The summed E-state index contributed by atoms with van der Waals surface area (Å²) >= 11 is 0. The van der Waals surface area contributed by atoms with Gasteiger partial charge in [-0.05, 0) is 64.4 Å². The molecule has 1 aromatic heterocycles. The fourth-order valence-corrected chi connectivity index (χ4v) is 4.26. The lowest BCUT2D eigenvalue weighted by Crippen LogP contribution is -2.46. The molecule has 0 spiro atoms. The molecule has 3 rings (SSSR count). The Balaban J connectivity index is 1.52. The van der Waals surface area contributed by atoms with Crippen molar-refractivity contribution >= 4 is 16.9 Å². The van der Waals surface area contributed by atoms with E-state index in [0.717, 1.165) is 54.2 Å². The summed E-state index contributed by atoms with van der Waals surface area (Å²) < 4.78 is 17.0. The number of likely N-dealkylation sites (tertiary alicyclic amines) is 1. The highest BCUT2D eigenvalue weighted by Gasteiger charge is 2.28. The minimum Gasteiger partial charge on any atom is -0.444 e. The predicted molar refractivity (Wildman–Crippen MR) is 124 cm³/mol. The van der Waals surface area contributed by atoms with E-state index in [1.165, 1.54) is 0 Å². The standard InChI is InChI=1S/C24H33N3O3S/c1-24(2,3)30-23(28)27-14-12-20(13-15-27)26(4)17-18-6-11-22(25-16-18)19-7-9-21(10-8-19)31(5)29/h6-11,16,20H,12-15,17H2,1-5H3. The number of aromatic nitrogens is 1. The lowest BCUT2D eigenvalue weighted by atomic mass is 10.0. The quantitative estimate of drug-likeness (QED) is 0.689. The van der Waals surface area contributed by atoms with Gasteiger partial charge in [0, 0.05) is 59.4 Å². The first-order chi connectivity index (χ1) is 14.6. The summed E-state index contributed by atoms with van der Waals surface area (Å²) in [4.78, 5) is 21.8. The first-order valence-electron chi connectivity index (χ1n) is 10.7. The van der Waals surface area contributed by atoms with Crippen molar-refractivity contribution in [3.63, 3.8) is 0 Å². The van der Waals surface area contributed by atoms with Crippen LogP contribution in [-0.2, 0) is 22.1 Å². The van der Waals surface area contributed by atoms with Crippen LogP contribution in [0.1, 0.15) is 39.2 Å². The van der Waals surface area contributed by atoms with Crippen LogP contribution in [0.15, 0.2) is 47.5 Å². The van der Waals surface area contributed by atoms with E-state index >= 15 is 0 Å². The van der Waals surface area contributed by atoms with E-state index in [-0.39, 0.29) is 6.09 Å². The summed E-state index contributed by atoms with van der Waals surface area (Å²) in [6, 6.07) is 12.3. The molecule has 0 radical (unpaired) electrons. The molecule has 2 aromatic rings. The van der Waals surface area contributed by atoms with Crippen molar-refractivity contribution in [3.05, 3.63) is 48.2 Å². The number of benzene rings is 1. The topological polar surface area (TPSA) is 62.7 Å². The predicted octanol–water partition coefficient (Wildman–Crippen LogP) is 4.32. The highest BCUT2D eigenvalue weighted by molar-refractivity contribution is 7.84. The van der Waals surface area contributed by atoms with Gasteiger partial charge in [-0.15, -0.1) is 0 Å². The van der Waals surface area contributed by atoms with Crippen LogP contribution in [0.25, 0.3) is 11.3 Å². The second-order valence-electron chi connectivity index (χ2n) is 9.14. The van der Waals surface area contributed by atoms with Crippen molar-refractivity contribution in [1.82, 2.24) is 14.8 Å². The third-order valence-corrected chi connectivity index (χ3v) is 6.41. The van der Waals surface area contributed by atoms with Gasteiger partial charge in [0.25, 0.3) is 0 Å². The highest BCUT2D eigenvalue weighted by Crippen LogP contribution is 2.22. The van der Waals surface area contributed by atoms with Crippen LogP contribution in [0, 0.1) is 0 Å². The van der Waals surface area contributed by atoms with Crippen molar-refractivity contribution in [2.75, 3.05) is 26.4 Å². The van der Waals surface area contributed by atoms with Crippen molar-refractivity contribution in [2.45, 2.75) is 56.7 Å². The molecule has 1 aliphatic heterocycles. The Morgan fingerprint density at radius 2 is 1.81 bits per heavy atom. The Bertz CT molecular complexity index is 899. The van der Waals surface area contributed by atoms with Crippen molar-refractivity contribution in [2.24, 2.45) is 0 Å². The maximum absolute atomic E-state index is 12.2. The Labute approximate surface area is 188 Å². The Kier molecular flexibility index (Phi) is 7.49. The van der Waals surface area contributed by atoms with Crippen LogP contribution < -0.4 is 0 Å². The summed E-state index contributed by atoms with van der Waals surface area (Å²) in [5, 5.41) is 0. The van der Waals surface area contributed by atoms with Gasteiger partial charge in [-0.1, -0.05) is 18.2 Å². The summed E-state index contributed by atoms with van der Waals surface area (Å²) in [5.74, 6) is 0. The van der Waals surface area contributed by atoms with Crippen LogP contribution in [-0.4, -0.2) is 63.1 Å². The third-order valence-electron chi connectivity index (χ3n) is 5.48. The molecule has 0 N–H and O–H groups in total. The highest BCUT2D eigenvalue weighted by atomic mass is 32.2. The third kappa shape index (κ3) is 6.61. The van der Waals surface area contributed by atoms with Gasteiger partial charge in [-0.2, -0.15) is 0 Å². The fraction of sp³-hybridized carbons (Fsp3) is 0.500. The number of hydrogen-bond donors (Lipinski definition) is 0. The van der Waals surface area contributed by atoms with Crippen LogP contribution in [0.4, 0.5) is 4.79 Å². The molecule has 1 fully saturated rings. The van der Waals surface area contributed by atoms with E-state index in [9.17, 15) is 9.00 Å². The number of piperidine rings is 1. The number of amides is 1. The molecular formula is C24H33N3O3S. The number of carbonyl (C=O) groups is 1. The fourth-order valence-electron chi connectivity index (χ4n) is 3.74. The maximum Gasteiger partial charge on any atom is 0.410 e.